The topological polar surface area (TPSA) is 86.1 Å². The summed E-state index contributed by atoms with van der Waals surface area (Å²) in [6.45, 7) is 5.95. The molecule has 0 unspecified atom stereocenters. The van der Waals surface area contributed by atoms with Gasteiger partial charge in [-0.25, -0.2) is 13.4 Å². The van der Waals surface area contributed by atoms with Gasteiger partial charge in [0.05, 0.1) is 12.3 Å². The number of ether oxygens (including phenoxy) is 1. The fourth-order valence-electron chi connectivity index (χ4n) is 1.74. The Labute approximate surface area is 134 Å². The second kappa shape index (κ2) is 6.53. The summed E-state index contributed by atoms with van der Waals surface area (Å²) in [5.41, 5.74) is 0.247. The standard InChI is InChI=1S/C13H17ClN4O3S/c1-4-18-12(14)11(8-16-18)22(19,20)17-10-6-5-7-15-13(10)21-9(2)3/h5-9,17H,4H2,1-3H3. The molecule has 2 heterocycles. The van der Waals surface area contributed by atoms with Crippen molar-refractivity contribution in [2.45, 2.75) is 38.3 Å². The highest BCUT2D eigenvalue weighted by molar-refractivity contribution is 7.92. The first kappa shape index (κ1) is 16.6. The maximum Gasteiger partial charge on any atom is 0.266 e. The number of nitrogens with zero attached hydrogens (tertiary/aromatic N) is 3. The van der Waals surface area contributed by atoms with E-state index in [1.807, 2.05) is 20.8 Å². The van der Waals surface area contributed by atoms with E-state index in [0.717, 1.165) is 0 Å². The Morgan fingerprint density at radius 1 is 1.45 bits per heavy atom. The average Bonchev–Trinajstić information content (AvgIpc) is 2.82. The molecule has 0 fully saturated rings. The zero-order valence-electron chi connectivity index (χ0n) is 12.4. The summed E-state index contributed by atoms with van der Waals surface area (Å²) >= 11 is 6.03. The molecule has 0 saturated carbocycles. The van der Waals surface area contributed by atoms with Gasteiger partial charge in [-0.05, 0) is 32.9 Å². The van der Waals surface area contributed by atoms with E-state index in [4.69, 9.17) is 16.3 Å². The van der Waals surface area contributed by atoms with Gasteiger partial charge in [-0.15, -0.1) is 0 Å². The second-order valence-corrected chi connectivity index (χ2v) is 6.75. The van der Waals surface area contributed by atoms with Gasteiger partial charge in [0, 0.05) is 12.7 Å². The smallest absolute Gasteiger partial charge is 0.266 e. The summed E-state index contributed by atoms with van der Waals surface area (Å²) in [5.74, 6) is 0.208. The van der Waals surface area contributed by atoms with Crippen LogP contribution in [-0.2, 0) is 16.6 Å². The number of aryl methyl sites for hydroxylation is 1. The zero-order chi connectivity index (χ0) is 16.3. The van der Waals surface area contributed by atoms with Gasteiger partial charge >= 0.3 is 0 Å². The molecule has 2 aromatic rings. The quantitative estimate of drug-likeness (QED) is 0.870. The van der Waals surface area contributed by atoms with E-state index in [2.05, 4.69) is 14.8 Å². The average molecular weight is 345 g/mol. The number of sulfonamides is 1. The predicted molar refractivity (Wildman–Crippen MR) is 83.7 cm³/mol. The van der Waals surface area contributed by atoms with Crippen LogP contribution in [-0.4, -0.2) is 29.3 Å². The number of aromatic nitrogens is 3. The Kier molecular flexibility index (Phi) is 4.92. The van der Waals surface area contributed by atoms with Crippen LogP contribution in [0, 0.1) is 0 Å². The number of hydrogen-bond donors (Lipinski definition) is 1. The molecule has 120 valence electrons. The van der Waals surface area contributed by atoms with Crippen molar-refractivity contribution in [1.29, 1.82) is 0 Å². The molecule has 0 bridgehead atoms. The van der Waals surface area contributed by atoms with E-state index < -0.39 is 10.0 Å². The minimum Gasteiger partial charge on any atom is -0.473 e. The lowest BCUT2D eigenvalue weighted by Gasteiger charge is -2.14. The monoisotopic (exact) mass is 344 g/mol. The first-order chi connectivity index (χ1) is 10.3. The number of anilines is 1. The Balaban J connectivity index is 2.35. The summed E-state index contributed by atoms with van der Waals surface area (Å²) in [6.07, 6.45) is 2.61. The third-order valence-corrected chi connectivity index (χ3v) is 4.57. The molecule has 0 saturated heterocycles. The predicted octanol–water partition coefficient (Wildman–Crippen LogP) is 2.54. The van der Waals surface area contributed by atoms with E-state index >= 15 is 0 Å². The SMILES string of the molecule is CCn1ncc(S(=O)(=O)Nc2cccnc2OC(C)C)c1Cl. The van der Waals surface area contributed by atoms with Gasteiger partial charge in [-0.2, -0.15) is 5.10 Å². The lowest BCUT2D eigenvalue weighted by molar-refractivity contribution is 0.234. The van der Waals surface area contributed by atoms with E-state index in [1.165, 1.54) is 17.1 Å². The van der Waals surface area contributed by atoms with Crippen molar-refractivity contribution in [2.24, 2.45) is 0 Å². The Morgan fingerprint density at radius 2 is 2.18 bits per heavy atom. The second-order valence-electron chi connectivity index (χ2n) is 4.74. The summed E-state index contributed by atoms with van der Waals surface area (Å²) in [4.78, 5) is 3.95. The van der Waals surface area contributed by atoms with Crippen LogP contribution in [0.5, 0.6) is 5.88 Å². The van der Waals surface area contributed by atoms with Crippen molar-refractivity contribution in [1.82, 2.24) is 14.8 Å². The number of hydrogen-bond acceptors (Lipinski definition) is 5. The van der Waals surface area contributed by atoms with Crippen LogP contribution < -0.4 is 9.46 Å². The van der Waals surface area contributed by atoms with Gasteiger partial charge in [0.25, 0.3) is 10.0 Å². The molecular weight excluding hydrogens is 328 g/mol. The van der Waals surface area contributed by atoms with Crippen LogP contribution >= 0.6 is 11.6 Å². The largest absolute Gasteiger partial charge is 0.473 e. The van der Waals surface area contributed by atoms with Crippen molar-refractivity contribution < 1.29 is 13.2 Å². The molecule has 9 heteroatoms. The van der Waals surface area contributed by atoms with Crippen LogP contribution in [0.4, 0.5) is 5.69 Å². The Morgan fingerprint density at radius 3 is 2.77 bits per heavy atom. The number of rotatable bonds is 6. The van der Waals surface area contributed by atoms with Crippen LogP contribution in [0.25, 0.3) is 0 Å². The number of nitrogens with one attached hydrogen (secondary N) is 1. The third kappa shape index (κ3) is 3.50. The van der Waals surface area contributed by atoms with Gasteiger partial charge in [-0.1, -0.05) is 11.6 Å². The summed E-state index contributed by atoms with van der Waals surface area (Å²) in [7, 11) is -3.88. The summed E-state index contributed by atoms with van der Waals surface area (Å²) in [5, 5.41) is 3.99. The number of pyridine rings is 1. The molecule has 0 spiro atoms. The maximum atomic E-state index is 12.5. The van der Waals surface area contributed by atoms with Crippen molar-refractivity contribution in [2.75, 3.05) is 4.72 Å². The minimum absolute atomic E-state index is 0.0604. The van der Waals surface area contributed by atoms with Gasteiger partial charge in [0.2, 0.25) is 5.88 Å². The zero-order valence-corrected chi connectivity index (χ0v) is 14.0. The Hall–Kier alpha value is -1.80. The molecule has 22 heavy (non-hydrogen) atoms. The van der Waals surface area contributed by atoms with Crippen LogP contribution in [0.1, 0.15) is 20.8 Å². The highest BCUT2D eigenvalue weighted by Gasteiger charge is 2.23. The highest BCUT2D eigenvalue weighted by atomic mass is 35.5. The normalized spacial score (nSPS) is 11.7. The molecule has 0 atom stereocenters. The minimum atomic E-state index is -3.88. The molecule has 0 radical (unpaired) electrons. The van der Waals surface area contributed by atoms with Crippen molar-refractivity contribution in [3.8, 4) is 5.88 Å². The molecule has 2 aromatic heterocycles. The lowest BCUT2D eigenvalue weighted by atomic mass is 10.4. The maximum absolute atomic E-state index is 12.5. The summed E-state index contributed by atoms with van der Waals surface area (Å²) < 4.78 is 34.2. The fourth-order valence-corrected chi connectivity index (χ4v) is 3.32. The molecule has 0 amide bonds. The fraction of sp³-hybridized carbons (Fsp3) is 0.385. The van der Waals surface area contributed by atoms with E-state index in [0.29, 0.717) is 6.54 Å². The van der Waals surface area contributed by atoms with Crippen molar-refractivity contribution in [3.05, 3.63) is 29.7 Å². The lowest BCUT2D eigenvalue weighted by Crippen LogP contribution is -2.16. The molecule has 0 aliphatic carbocycles. The molecule has 2 rings (SSSR count). The van der Waals surface area contributed by atoms with Crippen molar-refractivity contribution >= 4 is 27.3 Å². The van der Waals surface area contributed by atoms with Gasteiger partial charge in [0.1, 0.15) is 15.7 Å². The number of halogens is 1. The van der Waals surface area contributed by atoms with E-state index in [9.17, 15) is 8.42 Å². The molecule has 1 N–H and O–H groups in total. The van der Waals surface area contributed by atoms with Crippen molar-refractivity contribution in [3.63, 3.8) is 0 Å². The first-order valence-corrected chi connectivity index (χ1v) is 8.57. The molecule has 7 nitrogen and oxygen atoms in total. The molecule has 0 aromatic carbocycles. The van der Waals surface area contributed by atoms with Crippen LogP contribution in [0.15, 0.2) is 29.4 Å². The Bertz CT molecular complexity index is 758. The summed E-state index contributed by atoms with van der Waals surface area (Å²) in [6, 6.07) is 3.18. The third-order valence-electron chi connectivity index (χ3n) is 2.70. The van der Waals surface area contributed by atoms with Gasteiger partial charge < -0.3 is 4.74 Å². The molecule has 0 aliphatic heterocycles. The van der Waals surface area contributed by atoms with E-state index in [-0.39, 0.29) is 27.7 Å². The molecular formula is C13H17ClN4O3S. The highest BCUT2D eigenvalue weighted by Crippen LogP contribution is 2.27. The molecule has 0 aliphatic rings. The van der Waals surface area contributed by atoms with E-state index in [1.54, 1.807) is 12.1 Å². The first-order valence-electron chi connectivity index (χ1n) is 6.71. The van der Waals surface area contributed by atoms with Gasteiger partial charge in [-0.3, -0.25) is 9.40 Å². The van der Waals surface area contributed by atoms with Gasteiger partial charge in [0.15, 0.2) is 0 Å². The van der Waals surface area contributed by atoms with Crippen LogP contribution in [0.3, 0.4) is 0 Å². The van der Waals surface area contributed by atoms with Crippen LogP contribution in [0.2, 0.25) is 5.15 Å².